The molecule has 0 aromatic carbocycles. The standard InChI is InChI=1S/C15H20N6O2/c1-10-4-6-21(7-5-10)14-12(16)13(17-9-18-14)19-20-15(22)11-3-2-8-23-11/h2-3,8-10H,4-7,16H2,1H3,(H,20,22)(H,17,18,19). The molecule has 0 saturated carbocycles. The van der Waals surface area contributed by atoms with Crippen molar-refractivity contribution in [3.63, 3.8) is 0 Å². The van der Waals surface area contributed by atoms with Crippen molar-refractivity contribution in [2.24, 2.45) is 5.92 Å². The van der Waals surface area contributed by atoms with E-state index < -0.39 is 5.91 Å². The maximum atomic E-state index is 11.9. The second kappa shape index (κ2) is 6.55. The highest BCUT2D eigenvalue weighted by atomic mass is 16.3. The average Bonchev–Trinajstić information content (AvgIpc) is 3.09. The molecule has 1 saturated heterocycles. The Kier molecular flexibility index (Phi) is 4.31. The summed E-state index contributed by atoms with van der Waals surface area (Å²) in [5.41, 5.74) is 11.8. The van der Waals surface area contributed by atoms with Crippen molar-refractivity contribution in [2.75, 3.05) is 29.1 Å². The predicted octanol–water partition coefficient (Wildman–Crippen LogP) is 1.64. The average molecular weight is 316 g/mol. The van der Waals surface area contributed by atoms with Gasteiger partial charge in [0.2, 0.25) is 0 Å². The van der Waals surface area contributed by atoms with Crippen LogP contribution < -0.4 is 21.5 Å². The van der Waals surface area contributed by atoms with Crippen molar-refractivity contribution in [1.82, 2.24) is 15.4 Å². The van der Waals surface area contributed by atoms with Crippen LogP contribution in [0.2, 0.25) is 0 Å². The second-order valence-corrected chi connectivity index (χ2v) is 5.69. The molecule has 4 N–H and O–H groups in total. The lowest BCUT2D eigenvalue weighted by Gasteiger charge is -2.32. The van der Waals surface area contributed by atoms with Gasteiger partial charge in [-0.25, -0.2) is 9.97 Å². The quantitative estimate of drug-likeness (QED) is 0.736. The Morgan fingerprint density at radius 1 is 1.39 bits per heavy atom. The fraction of sp³-hybridized carbons (Fsp3) is 0.400. The number of nitrogens with one attached hydrogen (secondary N) is 2. The first-order chi connectivity index (χ1) is 11.1. The molecule has 1 aliphatic rings. The van der Waals surface area contributed by atoms with Crippen LogP contribution >= 0.6 is 0 Å². The summed E-state index contributed by atoms with van der Waals surface area (Å²) in [4.78, 5) is 22.4. The van der Waals surface area contributed by atoms with Crippen LogP contribution in [0.5, 0.6) is 0 Å². The third kappa shape index (κ3) is 3.36. The van der Waals surface area contributed by atoms with Crippen LogP contribution in [0.25, 0.3) is 0 Å². The van der Waals surface area contributed by atoms with Crippen LogP contribution in [0.3, 0.4) is 0 Å². The highest BCUT2D eigenvalue weighted by Gasteiger charge is 2.20. The number of hydrogen-bond donors (Lipinski definition) is 3. The number of carbonyl (C=O) groups is 1. The van der Waals surface area contributed by atoms with Crippen molar-refractivity contribution in [2.45, 2.75) is 19.8 Å². The number of nitrogens with two attached hydrogens (primary N) is 1. The fourth-order valence-corrected chi connectivity index (χ4v) is 2.54. The molecule has 122 valence electrons. The molecule has 0 unspecified atom stereocenters. The summed E-state index contributed by atoms with van der Waals surface area (Å²) in [7, 11) is 0. The van der Waals surface area contributed by atoms with Crippen LogP contribution in [-0.4, -0.2) is 29.0 Å². The van der Waals surface area contributed by atoms with E-state index in [2.05, 4.69) is 32.6 Å². The minimum atomic E-state index is -0.402. The van der Waals surface area contributed by atoms with Gasteiger partial charge in [-0.05, 0) is 30.9 Å². The molecule has 2 aromatic rings. The number of furan rings is 1. The maximum absolute atomic E-state index is 11.9. The molecule has 3 heterocycles. The number of anilines is 3. The van der Waals surface area contributed by atoms with Gasteiger partial charge in [0.05, 0.1) is 6.26 Å². The second-order valence-electron chi connectivity index (χ2n) is 5.69. The molecule has 8 nitrogen and oxygen atoms in total. The molecular formula is C15H20N6O2. The Morgan fingerprint density at radius 3 is 2.87 bits per heavy atom. The number of hydrazine groups is 1. The van der Waals surface area contributed by atoms with Gasteiger partial charge in [0, 0.05) is 13.1 Å². The molecule has 0 spiro atoms. The van der Waals surface area contributed by atoms with E-state index in [1.165, 1.54) is 12.6 Å². The number of rotatable bonds is 4. The zero-order valence-electron chi connectivity index (χ0n) is 13.0. The Morgan fingerprint density at radius 2 is 2.17 bits per heavy atom. The smallest absolute Gasteiger partial charge is 0.305 e. The van der Waals surface area contributed by atoms with Gasteiger partial charge >= 0.3 is 5.91 Å². The Bertz CT molecular complexity index is 665. The summed E-state index contributed by atoms with van der Waals surface area (Å²) < 4.78 is 5.02. The summed E-state index contributed by atoms with van der Waals surface area (Å²) in [5.74, 6) is 1.59. The zero-order chi connectivity index (χ0) is 16.2. The van der Waals surface area contributed by atoms with E-state index in [9.17, 15) is 4.79 Å². The molecule has 8 heteroatoms. The van der Waals surface area contributed by atoms with Crippen LogP contribution in [-0.2, 0) is 0 Å². The van der Waals surface area contributed by atoms with E-state index in [-0.39, 0.29) is 5.76 Å². The molecule has 1 amide bonds. The minimum absolute atomic E-state index is 0.204. The van der Waals surface area contributed by atoms with Crippen LogP contribution in [0.4, 0.5) is 17.3 Å². The maximum Gasteiger partial charge on any atom is 0.305 e. The molecule has 23 heavy (non-hydrogen) atoms. The van der Waals surface area contributed by atoms with Crippen molar-refractivity contribution in [3.8, 4) is 0 Å². The number of piperidine rings is 1. The molecule has 1 aliphatic heterocycles. The van der Waals surface area contributed by atoms with Crippen molar-refractivity contribution in [1.29, 1.82) is 0 Å². The van der Waals surface area contributed by atoms with Gasteiger partial charge in [0.1, 0.15) is 12.0 Å². The summed E-state index contributed by atoms with van der Waals surface area (Å²) in [6.45, 7) is 4.08. The van der Waals surface area contributed by atoms with Crippen molar-refractivity contribution < 1.29 is 9.21 Å². The largest absolute Gasteiger partial charge is 0.459 e. The van der Waals surface area contributed by atoms with Gasteiger partial charge in [-0.2, -0.15) is 0 Å². The number of hydrogen-bond acceptors (Lipinski definition) is 7. The van der Waals surface area contributed by atoms with E-state index in [0.717, 1.165) is 31.8 Å². The highest BCUT2D eigenvalue weighted by Crippen LogP contribution is 2.29. The van der Waals surface area contributed by atoms with Crippen molar-refractivity contribution >= 4 is 23.2 Å². The number of aromatic nitrogens is 2. The van der Waals surface area contributed by atoms with Gasteiger partial charge in [-0.1, -0.05) is 6.92 Å². The summed E-state index contributed by atoms with van der Waals surface area (Å²) in [6.07, 6.45) is 5.09. The first-order valence-corrected chi connectivity index (χ1v) is 7.60. The topological polar surface area (TPSA) is 109 Å². The molecular weight excluding hydrogens is 296 g/mol. The monoisotopic (exact) mass is 316 g/mol. The van der Waals surface area contributed by atoms with Crippen molar-refractivity contribution in [3.05, 3.63) is 30.5 Å². The van der Waals surface area contributed by atoms with Crippen LogP contribution in [0.15, 0.2) is 29.1 Å². The normalized spacial score (nSPS) is 15.4. The van der Waals surface area contributed by atoms with E-state index in [1.807, 2.05) is 0 Å². The Hall–Kier alpha value is -2.77. The first-order valence-electron chi connectivity index (χ1n) is 7.60. The fourth-order valence-electron chi connectivity index (χ4n) is 2.54. The molecule has 0 radical (unpaired) electrons. The Labute approximate surface area is 134 Å². The van der Waals surface area contributed by atoms with Gasteiger partial charge in [-0.15, -0.1) is 0 Å². The third-order valence-electron chi connectivity index (χ3n) is 3.99. The SMILES string of the molecule is CC1CCN(c2ncnc(NNC(=O)c3ccco3)c2N)CC1. The molecule has 0 aliphatic carbocycles. The highest BCUT2D eigenvalue weighted by molar-refractivity contribution is 5.92. The lowest BCUT2D eigenvalue weighted by Crippen LogP contribution is -2.35. The molecule has 0 atom stereocenters. The van der Waals surface area contributed by atoms with E-state index >= 15 is 0 Å². The summed E-state index contributed by atoms with van der Waals surface area (Å²) in [5, 5.41) is 0. The van der Waals surface area contributed by atoms with Gasteiger partial charge in [-0.3, -0.25) is 15.6 Å². The molecule has 0 bridgehead atoms. The number of carbonyl (C=O) groups excluding carboxylic acids is 1. The minimum Gasteiger partial charge on any atom is -0.459 e. The number of nitrogens with zero attached hydrogens (tertiary/aromatic N) is 3. The van der Waals surface area contributed by atoms with Gasteiger partial charge < -0.3 is 15.1 Å². The Balaban J connectivity index is 1.68. The molecule has 2 aromatic heterocycles. The van der Waals surface area contributed by atoms with E-state index in [1.54, 1.807) is 12.1 Å². The number of amides is 1. The van der Waals surface area contributed by atoms with Crippen LogP contribution in [0.1, 0.15) is 30.3 Å². The van der Waals surface area contributed by atoms with Gasteiger partial charge in [0.15, 0.2) is 17.4 Å². The van der Waals surface area contributed by atoms with E-state index in [0.29, 0.717) is 17.3 Å². The van der Waals surface area contributed by atoms with Gasteiger partial charge in [0.25, 0.3) is 0 Å². The van der Waals surface area contributed by atoms with E-state index in [4.69, 9.17) is 10.2 Å². The summed E-state index contributed by atoms with van der Waals surface area (Å²) >= 11 is 0. The third-order valence-corrected chi connectivity index (χ3v) is 3.99. The summed E-state index contributed by atoms with van der Waals surface area (Å²) in [6, 6.07) is 3.21. The lowest BCUT2D eigenvalue weighted by molar-refractivity contribution is 0.0935. The zero-order valence-corrected chi connectivity index (χ0v) is 13.0. The number of nitrogen functional groups attached to an aromatic ring is 1. The van der Waals surface area contributed by atoms with Crippen LogP contribution in [0, 0.1) is 5.92 Å². The predicted molar refractivity (Wildman–Crippen MR) is 86.9 cm³/mol. The lowest BCUT2D eigenvalue weighted by atomic mass is 9.99. The first kappa shape index (κ1) is 15.1. The molecule has 3 rings (SSSR count). The molecule has 1 fully saturated rings.